The number of aromatic nitrogens is 2. The van der Waals surface area contributed by atoms with Gasteiger partial charge in [0, 0.05) is 30.5 Å². The van der Waals surface area contributed by atoms with Crippen molar-refractivity contribution in [3.8, 4) is 0 Å². The summed E-state index contributed by atoms with van der Waals surface area (Å²) < 4.78 is 0. The van der Waals surface area contributed by atoms with E-state index in [0.29, 0.717) is 5.92 Å². The second-order valence-corrected chi connectivity index (χ2v) is 5.88. The van der Waals surface area contributed by atoms with Crippen LogP contribution >= 0.6 is 0 Å². The molecule has 2 heterocycles. The van der Waals surface area contributed by atoms with Crippen LogP contribution in [0.15, 0.2) is 42.6 Å². The van der Waals surface area contributed by atoms with Crippen molar-refractivity contribution >= 4 is 5.91 Å². The minimum Gasteiger partial charge on any atom is -0.352 e. The van der Waals surface area contributed by atoms with Gasteiger partial charge in [-0.3, -0.25) is 14.8 Å². The van der Waals surface area contributed by atoms with Gasteiger partial charge in [0.2, 0.25) is 0 Å². The Labute approximate surface area is 130 Å². The minimum absolute atomic E-state index is 0.0282. The van der Waals surface area contributed by atoms with Crippen LogP contribution in [-0.4, -0.2) is 40.6 Å². The summed E-state index contributed by atoms with van der Waals surface area (Å²) in [5.74, 6) is 0.603. The lowest BCUT2D eigenvalue weighted by Crippen LogP contribution is -2.38. The van der Waals surface area contributed by atoms with Crippen molar-refractivity contribution in [2.24, 2.45) is 5.92 Å². The third-order valence-corrected chi connectivity index (χ3v) is 4.25. The first-order valence-electron chi connectivity index (χ1n) is 7.85. The molecule has 0 saturated carbocycles. The van der Waals surface area contributed by atoms with Gasteiger partial charge in [-0.2, -0.15) is 5.10 Å². The molecular formula is C17H22N4O. The van der Waals surface area contributed by atoms with Gasteiger partial charge < -0.3 is 5.32 Å². The molecule has 2 N–H and O–H groups in total. The van der Waals surface area contributed by atoms with Crippen molar-refractivity contribution < 1.29 is 4.79 Å². The summed E-state index contributed by atoms with van der Waals surface area (Å²) in [5, 5.41) is 10.0. The molecule has 1 aliphatic rings. The Hall–Kier alpha value is -2.14. The van der Waals surface area contributed by atoms with Gasteiger partial charge in [-0.25, -0.2) is 0 Å². The molecule has 0 unspecified atom stereocenters. The maximum atomic E-state index is 12.0. The standard InChI is InChI=1S/C17H22N4O/c22-17(15-4-2-1-3-5-15)18-12-14-7-10-21(11-8-14)13-16-6-9-19-20-16/h1-6,9,14H,7-8,10-13H2,(H,18,22)(H,19,20). The van der Waals surface area contributed by atoms with Crippen molar-refractivity contribution in [1.29, 1.82) is 0 Å². The lowest BCUT2D eigenvalue weighted by atomic mass is 9.96. The SMILES string of the molecule is O=C(NCC1CCN(Cc2ccn[nH]2)CC1)c1ccccc1. The molecule has 1 aromatic carbocycles. The van der Waals surface area contributed by atoms with Gasteiger partial charge in [-0.1, -0.05) is 18.2 Å². The molecule has 5 nitrogen and oxygen atoms in total. The van der Waals surface area contributed by atoms with Gasteiger partial charge in [0.1, 0.15) is 0 Å². The quantitative estimate of drug-likeness (QED) is 0.888. The zero-order valence-corrected chi connectivity index (χ0v) is 12.7. The van der Waals surface area contributed by atoms with E-state index in [9.17, 15) is 4.79 Å². The van der Waals surface area contributed by atoms with Gasteiger partial charge in [0.25, 0.3) is 5.91 Å². The summed E-state index contributed by atoms with van der Waals surface area (Å²) in [4.78, 5) is 14.5. The zero-order chi connectivity index (χ0) is 15.2. The average Bonchev–Trinajstić information content (AvgIpc) is 3.08. The molecule has 1 saturated heterocycles. The van der Waals surface area contributed by atoms with Gasteiger partial charge in [-0.15, -0.1) is 0 Å². The molecule has 116 valence electrons. The first kappa shape index (κ1) is 14.8. The van der Waals surface area contributed by atoms with E-state index in [1.807, 2.05) is 36.4 Å². The highest BCUT2D eigenvalue weighted by molar-refractivity contribution is 5.94. The van der Waals surface area contributed by atoms with Crippen LogP contribution in [0.2, 0.25) is 0 Å². The van der Waals surface area contributed by atoms with E-state index < -0.39 is 0 Å². The maximum absolute atomic E-state index is 12.0. The van der Waals surface area contributed by atoms with Crippen LogP contribution in [0.5, 0.6) is 0 Å². The highest BCUT2D eigenvalue weighted by Gasteiger charge is 2.20. The van der Waals surface area contributed by atoms with Crippen molar-refractivity contribution in [3.63, 3.8) is 0 Å². The van der Waals surface area contributed by atoms with Gasteiger partial charge >= 0.3 is 0 Å². The van der Waals surface area contributed by atoms with Crippen LogP contribution in [0, 0.1) is 5.92 Å². The molecule has 1 amide bonds. The molecule has 1 aliphatic heterocycles. The van der Waals surface area contributed by atoms with Crippen LogP contribution in [0.3, 0.4) is 0 Å². The van der Waals surface area contributed by atoms with E-state index in [1.165, 1.54) is 0 Å². The lowest BCUT2D eigenvalue weighted by Gasteiger charge is -2.31. The van der Waals surface area contributed by atoms with Crippen LogP contribution < -0.4 is 5.32 Å². The van der Waals surface area contributed by atoms with Crippen LogP contribution in [0.1, 0.15) is 28.9 Å². The van der Waals surface area contributed by atoms with Crippen LogP contribution in [0.4, 0.5) is 0 Å². The lowest BCUT2D eigenvalue weighted by molar-refractivity contribution is 0.0935. The van der Waals surface area contributed by atoms with Crippen molar-refractivity contribution in [2.45, 2.75) is 19.4 Å². The van der Waals surface area contributed by atoms with Crippen LogP contribution in [0.25, 0.3) is 0 Å². The largest absolute Gasteiger partial charge is 0.352 e. The van der Waals surface area contributed by atoms with Crippen molar-refractivity contribution in [2.75, 3.05) is 19.6 Å². The Balaban J connectivity index is 1.40. The Morgan fingerprint density at radius 1 is 1.23 bits per heavy atom. The second-order valence-electron chi connectivity index (χ2n) is 5.88. The molecule has 0 atom stereocenters. The smallest absolute Gasteiger partial charge is 0.251 e. The fraction of sp³-hybridized carbons (Fsp3) is 0.412. The average molecular weight is 298 g/mol. The number of piperidine rings is 1. The summed E-state index contributed by atoms with van der Waals surface area (Å²) >= 11 is 0. The summed E-state index contributed by atoms with van der Waals surface area (Å²) in [6, 6.07) is 11.4. The second kappa shape index (κ2) is 7.22. The topological polar surface area (TPSA) is 61.0 Å². The summed E-state index contributed by atoms with van der Waals surface area (Å²) in [6.07, 6.45) is 4.05. The number of carbonyl (C=O) groups excluding carboxylic acids is 1. The fourth-order valence-electron chi connectivity index (χ4n) is 2.89. The van der Waals surface area contributed by atoms with Crippen LogP contribution in [-0.2, 0) is 6.54 Å². The number of nitrogens with zero attached hydrogens (tertiary/aromatic N) is 2. The molecule has 0 aliphatic carbocycles. The molecule has 2 aromatic rings. The molecule has 1 fully saturated rings. The molecule has 0 spiro atoms. The number of benzene rings is 1. The maximum Gasteiger partial charge on any atom is 0.251 e. The van der Waals surface area contributed by atoms with Gasteiger partial charge in [0.05, 0.1) is 0 Å². The summed E-state index contributed by atoms with van der Waals surface area (Å²) in [6.45, 7) is 3.85. The van der Waals surface area contributed by atoms with Gasteiger partial charge in [-0.05, 0) is 50.0 Å². The third kappa shape index (κ3) is 3.95. The number of rotatable bonds is 5. The Bertz CT molecular complexity index is 574. The first-order chi connectivity index (χ1) is 10.8. The first-order valence-corrected chi connectivity index (χ1v) is 7.85. The summed E-state index contributed by atoms with van der Waals surface area (Å²) in [5.41, 5.74) is 1.90. The monoisotopic (exact) mass is 298 g/mol. The number of carbonyl (C=O) groups is 1. The number of amides is 1. The minimum atomic E-state index is 0.0282. The number of likely N-dealkylation sites (tertiary alicyclic amines) is 1. The molecule has 0 bridgehead atoms. The fourth-order valence-corrected chi connectivity index (χ4v) is 2.89. The van der Waals surface area contributed by atoms with E-state index >= 15 is 0 Å². The number of hydrogen-bond acceptors (Lipinski definition) is 3. The number of hydrogen-bond donors (Lipinski definition) is 2. The third-order valence-electron chi connectivity index (χ3n) is 4.25. The molecule has 22 heavy (non-hydrogen) atoms. The highest BCUT2D eigenvalue weighted by atomic mass is 16.1. The highest BCUT2D eigenvalue weighted by Crippen LogP contribution is 2.18. The normalized spacial score (nSPS) is 16.5. The molecule has 0 radical (unpaired) electrons. The van der Waals surface area contributed by atoms with Crippen molar-refractivity contribution in [1.82, 2.24) is 20.4 Å². The molecule has 1 aromatic heterocycles. The Morgan fingerprint density at radius 2 is 2.00 bits per heavy atom. The predicted molar refractivity (Wildman–Crippen MR) is 85.4 cm³/mol. The predicted octanol–water partition coefficient (Wildman–Crippen LogP) is 2.05. The molecule has 5 heteroatoms. The van der Waals surface area contributed by atoms with E-state index in [2.05, 4.69) is 20.4 Å². The van der Waals surface area contributed by atoms with E-state index in [1.54, 1.807) is 6.20 Å². The van der Waals surface area contributed by atoms with E-state index in [0.717, 1.165) is 50.3 Å². The number of H-pyrrole nitrogens is 1. The van der Waals surface area contributed by atoms with E-state index in [-0.39, 0.29) is 5.91 Å². The Kier molecular flexibility index (Phi) is 4.85. The van der Waals surface area contributed by atoms with E-state index in [4.69, 9.17) is 0 Å². The molecular weight excluding hydrogens is 276 g/mol. The molecule has 3 rings (SSSR count). The van der Waals surface area contributed by atoms with Gasteiger partial charge in [0.15, 0.2) is 0 Å². The number of aromatic amines is 1. The Morgan fingerprint density at radius 3 is 2.68 bits per heavy atom. The van der Waals surface area contributed by atoms with Crippen molar-refractivity contribution in [3.05, 3.63) is 53.9 Å². The zero-order valence-electron chi connectivity index (χ0n) is 12.7. The summed E-state index contributed by atoms with van der Waals surface area (Å²) in [7, 11) is 0. The number of nitrogens with one attached hydrogen (secondary N) is 2.